The van der Waals surface area contributed by atoms with Gasteiger partial charge in [0.15, 0.2) is 23.9 Å². The summed E-state index contributed by atoms with van der Waals surface area (Å²) >= 11 is 0. The lowest BCUT2D eigenvalue weighted by molar-refractivity contribution is -0.121. The fourth-order valence-electron chi connectivity index (χ4n) is 3.00. The third-order valence-electron chi connectivity index (χ3n) is 4.42. The van der Waals surface area contributed by atoms with E-state index in [1.807, 2.05) is 0 Å². The molecular weight excluding hydrogens is 366 g/mol. The average molecular weight is 381 g/mol. The van der Waals surface area contributed by atoms with Crippen LogP contribution in [0.5, 0.6) is 11.5 Å². The largest absolute Gasteiger partial charge is 0.454 e. The van der Waals surface area contributed by atoms with Crippen LogP contribution in [0.2, 0.25) is 0 Å². The van der Waals surface area contributed by atoms with E-state index in [4.69, 9.17) is 14.2 Å². The lowest BCUT2D eigenvalue weighted by Gasteiger charge is -2.14. The zero-order chi connectivity index (χ0) is 19.7. The van der Waals surface area contributed by atoms with Crippen LogP contribution in [0.3, 0.4) is 0 Å². The van der Waals surface area contributed by atoms with E-state index >= 15 is 0 Å². The number of rotatable bonds is 5. The Morgan fingerprint density at radius 2 is 1.68 bits per heavy atom. The number of Topliss-reactive ketones (excluding diaryl/α,β-unsaturated/α-hetero) is 1. The first-order valence-corrected chi connectivity index (χ1v) is 8.59. The van der Waals surface area contributed by atoms with E-state index in [1.165, 1.54) is 18.2 Å². The molecule has 0 radical (unpaired) electrons. The highest BCUT2D eigenvalue weighted by molar-refractivity contribution is 6.20. The Morgan fingerprint density at radius 3 is 2.46 bits per heavy atom. The third-order valence-corrected chi connectivity index (χ3v) is 4.42. The molecule has 2 aliphatic rings. The molecule has 0 atom stereocenters. The molecule has 1 fully saturated rings. The summed E-state index contributed by atoms with van der Waals surface area (Å²) in [6, 6.07) is 10.7. The summed E-state index contributed by atoms with van der Waals surface area (Å²) in [5.41, 5.74) is 0.784. The number of imide groups is 1. The third kappa shape index (κ3) is 3.32. The summed E-state index contributed by atoms with van der Waals surface area (Å²) in [6.07, 6.45) is 0.301. The maximum atomic E-state index is 12.3. The van der Waals surface area contributed by atoms with Gasteiger partial charge in [0.05, 0.1) is 11.3 Å². The van der Waals surface area contributed by atoms with Crippen molar-refractivity contribution in [2.45, 2.75) is 12.8 Å². The average Bonchev–Trinajstić information content (AvgIpc) is 3.31. The molecule has 0 bridgehead atoms. The van der Waals surface area contributed by atoms with Crippen molar-refractivity contribution in [3.05, 3.63) is 53.6 Å². The Labute approximate surface area is 159 Å². The van der Waals surface area contributed by atoms with Crippen LogP contribution < -0.4 is 14.4 Å². The number of fused-ring (bicyclic) bond motifs is 1. The van der Waals surface area contributed by atoms with Crippen molar-refractivity contribution in [2.75, 3.05) is 18.3 Å². The predicted molar refractivity (Wildman–Crippen MR) is 95.3 cm³/mol. The van der Waals surface area contributed by atoms with Crippen LogP contribution in [-0.2, 0) is 14.3 Å². The zero-order valence-corrected chi connectivity index (χ0v) is 14.7. The molecule has 28 heavy (non-hydrogen) atoms. The monoisotopic (exact) mass is 381 g/mol. The second-order valence-electron chi connectivity index (χ2n) is 6.24. The van der Waals surface area contributed by atoms with Crippen LogP contribution >= 0.6 is 0 Å². The molecule has 0 aromatic heterocycles. The highest BCUT2D eigenvalue weighted by Gasteiger charge is 2.30. The first-order chi connectivity index (χ1) is 13.5. The Balaban J connectivity index is 1.43. The van der Waals surface area contributed by atoms with Crippen molar-refractivity contribution in [3.8, 4) is 11.5 Å². The number of ether oxygens (including phenoxy) is 3. The van der Waals surface area contributed by atoms with Gasteiger partial charge in [0.1, 0.15) is 0 Å². The highest BCUT2D eigenvalue weighted by Crippen LogP contribution is 2.32. The molecule has 2 aromatic rings. The SMILES string of the molecule is O=C(COC(=O)c1cccc(N2C(=O)CCC2=O)c1)c1ccc2c(c1)OCO2. The molecule has 4 rings (SSSR count). The lowest BCUT2D eigenvalue weighted by Crippen LogP contribution is -2.28. The second-order valence-corrected chi connectivity index (χ2v) is 6.24. The lowest BCUT2D eigenvalue weighted by atomic mass is 10.1. The minimum absolute atomic E-state index is 0.0975. The van der Waals surface area contributed by atoms with Crippen LogP contribution in [0.15, 0.2) is 42.5 Å². The minimum atomic E-state index is -0.727. The van der Waals surface area contributed by atoms with Crippen LogP contribution in [0.25, 0.3) is 0 Å². The summed E-state index contributed by atoms with van der Waals surface area (Å²) in [5.74, 6) is -0.731. The van der Waals surface area contributed by atoms with Crippen molar-refractivity contribution in [1.82, 2.24) is 0 Å². The summed E-state index contributed by atoms with van der Waals surface area (Å²) < 4.78 is 15.5. The van der Waals surface area contributed by atoms with Crippen LogP contribution in [0.1, 0.15) is 33.6 Å². The maximum absolute atomic E-state index is 12.3. The van der Waals surface area contributed by atoms with E-state index in [1.54, 1.807) is 24.3 Å². The molecule has 0 unspecified atom stereocenters. The fraction of sp³-hybridized carbons (Fsp3) is 0.200. The Kier molecular flexibility index (Phi) is 4.52. The number of carbonyl (C=O) groups is 4. The van der Waals surface area contributed by atoms with Crippen LogP contribution in [0.4, 0.5) is 5.69 Å². The summed E-state index contributed by atoms with van der Waals surface area (Å²) in [4.78, 5) is 49.3. The van der Waals surface area contributed by atoms with E-state index in [0.29, 0.717) is 22.7 Å². The van der Waals surface area contributed by atoms with Gasteiger partial charge >= 0.3 is 5.97 Å². The molecule has 0 saturated carbocycles. The van der Waals surface area contributed by atoms with Gasteiger partial charge in [-0.05, 0) is 36.4 Å². The maximum Gasteiger partial charge on any atom is 0.338 e. The smallest absolute Gasteiger partial charge is 0.338 e. The molecule has 8 nitrogen and oxygen atoms in total. The van der Waals surface area contributed by atoms with Gasteiger partial charge in [-0.1, -0.05) is 6.07 Å². The van der Waals surface area contributed by atoms with Crippen molar-refractivity contribution < 1.29 is 33.4 Å². The Morgan fingerprint density at radius 1 is 0.929 bits per heavy atom. The number of hydrogen-bond acceptors (Lipinski definition) is 7. The Hall–Kier alpha value is -3.68. The van der Waals surface area contributed by atoms with Gasteiger partial charge in [-0.25, -0.2) is 4.79 Å². The quantitative estimate of drug-likeness (QED) is 0.444. The van der Waals surface area contributed by atoms with E-state index in [2.05, 4.69) is 0 Å². The number of hydrogen-bond donors (Lipinski definition) is 0. The molecule has 0 spiro atoms. The predicted octanol–water partition coefficient (Wildman–Crippen LogP) is 2.11. The highest BCUT2D eigenvalue weighted by atomic mass is 16.7. The molecule has 8 heteroatoms. The minimum Gasteiger partial charge on any atom is -0.454 e. The number of nitrogens with zero attached hydrogens (tertiary/aromatic N) is 1. The number of amides is 2. The first-order valence-electron chi connectivity index (χ1n) is 8.59. The number of benzene rings is 2. The fourth-order valence-corrected chi connectivity index (χ4v) is 3.00. The first kappa shape index (κ1) is 17.7. The standard InChI is InChI=1S/C20H15NO7/c22-15(12-4-5-16-17(9-12)28-11-27-16)10-26-20(25)13-2-1-3-14(8-13)21-18(23)6-7-19(21)24/h1-5,8-9H,6-7,10-11H2. The molecule has 2 amide bonds. The van der Waals surface area contributed by atoms with Gasteiger partial charge in [0.2, 0.25) is 18.6 Å². The van der Waals surface area contributed by atoms with Gasteiger partial charge in [-0.15, -0.1) is 0 Å². The van der Waals surface area contributed by atoms with Gasteiger partial charge in [-0.2, -0.15) is 0 Å². The molecule has 1 saturated heterocycles. The molecule has 2 heterocycles. The van der Waals surface area contributed by atoms with Crippen molar-refractivity contribution in [3.63, 3.8) is 0 Å². The summed E-state index contributed by atoms with van der Waals surface area (Å²) in [7, 11) is 0. The second kappa shape index (κ2) is 7.15. The van der Waals surface area contributed by atoms with Crippen molar-refractivity contribution in [2.24, 2.45) is 0 Å². The van der Waals surface area contributed by atoms with Gasteiger partial charge in [0, 0.05) is 18.4 Å². The number of carbonyl (C=O) groups excluding carboxylic acids is 4. The van der Waals surface area contributed by atoms with Gasteiger partial charge in [-0.3, -0.25) is 19.3 Å². The number of esters is 1. The van der Waals surface area contributed by atoms with Crippen molar-refractivity contribution in [1.29, 1.82) is 0 Å². The van der Waals surface area contributed by atoms with Gasteiger partial charge < -0.3 is 14.2 Å². The number of anilines is 1. The molecular formula is C20H15NO7. The Bertz CT molecular complexity index is 982. The van der Waals surface area contributed by atoms with E-state index in [0.717, 1.165) is 4.90 Å². The van der Waals surface area contributed by atoms with E-state index < -0.39 is 18.4 Å². The summed E-state index contributed by atoms with van der Waals surface area (Å²) in [6.45, 7) is -0.357. The van der Waals surface area contributed by atoms with Crippen molar-refractivity contribution >= 4 is 29.3 Å². The van der Waals surface area contributed by atoms with Crippen LogP contribution in [0, 0.1) is 0 Å². The topological polar surface area (TPSA) is 99.2 Å². The van der Waals surface area contributed by atoms with Crippen LogP contribution in [-0.4, -0.2) is 37.0 Å². The van der Waals surface area contributed by atoms with E-state index in [9.17, 15) is 19.2 Å². The summed E-state index contributed by atoms with van der Waals surface area (Å²) in [5, 5.41) is 0. The molecule has 2 aliphatic heterocycles. The number of ketones is 1. The normalized spacial score (nSPS) is 15.1. The van der Waals surface area contributed by atoms with E-state index in [-0.39, 0.29) is 37.0 Å². The molecule has 0 aliphatic carbocycles. The molecule has 2 aromatic carbocycles. The zero-order valence-electron chi connectivity index (χ0n) is 14.7. The molecule has 0 N–H and O–H groups in total. The molecule has 142 valence electrons. The van der Waals surface area contributed by atoms with Gasteiger partial charge in [0.25, 0.3) is 0 Å².